The van der Waals surface area contributed by atoms with Gasteiger partial charge in [-0.05, 0) is 64.6 Å². The van der Waals surface area contributed by atoms with Crippen LogP contribution >= 0.6 is 0 Å². The van der Waals surface area contributed by atoms with Crippen molar-refractivity contribution in [3.05, 3.63) is 0 Å². The molecule has 0 aliphatic rings. The maximum atomic E-state index is 12.2. The molecular weight excluding hydrogens is 400 g/mol. The van der Waals surface area contributed by atoms with Gasteiger partial charge in [0.1, 0.15) is 5.78 Å². The van der Waals surface area contributed by atoms with Crippen LogP contribution in [0.3, 0.4) is 0 Å². The third-order valence-corrected chi connectivity index (χ3v) is 6.02. The van der Waals surface area contributed by atoms with Crippen LogP contribution in [0.1, 0.15) is 122 Å². The lowest BCUT2D eigenvalue weighted by Gasteiger charge is -2.11. The van der Waals surface area contributed by atoms with Gasteiger partial charge >= 0.3 is 0 Å². The molecule has 6 nitrogen and oxygen atoms in total. The van der Waals surface area contributed by atoms with Gasteiger partial charge < -0.3 is 22.1 Å². The fraction of sp³-hybridized carbons (Fsp3) is 0.923. The molecule has 0 aliphatic heterocycles. The van der Waals surface area contributed by atoms with Crippen molar-refractivity contribution in [2.24, 2.45) is 11.5 Å². The fourth-order valence-corrected chi connectivity index (χ4v) is 3.83. The number of amides is 1. The quantitative estimate of drug-likeness (QED) is 0.151. The Bertz CT molecular complexity index is 432. The number of rotatable bonds is 25. The predicted octanol–water partition coefficient (Wildman–Crippen LogP) is 4.59. The molecule has 0 rings (SSSR count). The largest absolute Gasteiger partial charge is 0.356 e. The summed E-state index contributed by atoms with van der Waals surface area (Å²) in [7, 11) is 0. The molecule has 1 atom stereocenters. The molecule has 0 aromatic heterocycles. The smallest absolute Gasteiger partial charge is 0.219 e. The molecule has 0 aromatic carbocycles. The summed E-state index contributed by atoms with van der Waals surface area (Å²) in [6.45, 7) is 5.78. The summed E-state index contributed by atoms with van der Waals surface area (Å²) >= 11 is 0. The highest BCUT2D eigenvalue weighted by atomic mass is 16.1. The lowest BCUT2D eigenvalue weighted by Crippen LogP contribution is -2.30. The highest BCUT2D eigenvalue weighted by molar-refractivity contribution is 5.83. The molecule has 0 saturated heterocycles. The number of nitrogens with one attached hydrogen (secondary N) is 2. The number of Topliss-reactive ketones (excluding diaryl/α,β-unsaturated/α-hetero) is 1. The average Bonchev–Trinajstić information content (AvgIpc) is 2.79. The lowest BCUT2D eigenvalue weighted by molar-refractivity contribution is -0.122. The molecule has 6 heteroatoms. The van der Waals surface area contributed by atoms with Crippen molar-refractivity contribution in [2.75, 3.05) is 26.2 Å². The zero-order valence-electron chi connectivity index (χ0n) is 21.1. The Kier molecular flexibility index (Phi) is 23.9. The summed E-state index contributed by atoms with van der Waals surface area (Å²) < 4.78 is 0. The average molecular weight is 455 g/mol. The fourth-order valence-electron chi connectivity index (χ4n) is 3.83. The number of hydrogen-bond acceptors (Lipinski definition) is 5. The minimum absolute atomic E-state index is 0.154. The Morgan fingerprint density at radius 2 is 1.25 bits per heavy atom. The number of unbranched alkanes of at least 4 members (excludes halogenated alkanes) is 11. The van der Waals surface area contributed by atoms with Crippen LogP contribution in [0.15, 0.2) is 0 Å². The third-order valence-electron chi connectivity index (χ3n) is 6.02. The van der Waals surface area contributed by atoms with E-state index in [2.05, 4.69) is 17.6 Å². The molecule has 0 spiro atoms. The molecule has 32 heavy (non-hydrogen) atoms. The maximum Gasteiger partial charge on any atom is 0.219 e. The van der Waals surface area contributed by atoms with E-state index in [1.807, 2.05) is 0 Å². The van der Waals surface area contributed by atoms with Crippen LogP contribution in [-0.4, -0.2) is 43.9 Å². The van der Waals surface area contributed by atoms with E-state index in [0.717, 1.165) is 71.0 Å². The highest BCUT2D eigenvalue weighted by Gasteiger charge is 2.12. The summed E-state index contributed by atoms with van der Waals surface area (Å²) in [6.07, 6.45) is 19.0. The monoisotopic (exact) mass is 454 g/mol. The van der Waals surface area contributed by atoms with Crippen LogP contribution in [0.4, 0.5) is 0 Å². The number of carbonyl (C=O) groups excluding carboxylic acids is 2. The Labute approximate surface area is 198 Å². The van der Waals surface area contributed by atoms with Gasteiger partial charge in [-0.3, -0.25) is 9.59 Å². The third kappa shape index (κ3) is 22.2. The van der Waals surface area contributed by atoms with E-state index in [-0.39, 0.29) is 17.7 Å². The van der Waals surface area contributed by atoms with Crippen LogP contribution in [0, 0.1) is 0 Å². The van der Waals surface area contributed by atoms with Crippen LogP contribution in [0.5, 0.6) is 0 Å². The minimum atomic E-state index is -0.337. The normalized spacial score (nSPS) is 12.1. The Morgan fingerprint density at radius 3 is 1.94 bits per heavy atom. The molecule has 0 heterocycles. The van der Waals surface area contributed by atoms with Crippen LogP contribution < -0.4 is 22.1 Å². The van der Waals surface area contributed by atoms with Crippen molar-refractivity contribution in [3.8, 4) is 0 Å². The van der Waals surface area contributed by atoms with Gasteiger partial charge in [0.25, 0.3) is 0 Å². The van der Waals surface area contributed by atoms with Gasteiger partial charge in [-0.25, -0.2) is 0 Å². The number of hydrogen-bond donors (Lipinski definition) is 4. The van der Waals surface area contributed by atoms with E-state index >= 15 is 0 Å². The van der Waals surface area contributed by atoms with E-state index in [4.69, 9.17) is 11.5 Å². The van der Waals surface area contributed by atoms with E-state index in [0.29, 0.717) is 19.4 Å². The molecule has 0 radical (unpaired) electrons. The first-order valence-corrected chi connectivity index (χ1v) is 13.6. The summed E-state index contributed by atoms with van der Waals surface area (Å²) in [5.41, 5.74) is 11.5. The van der Waals surface area contributed by atoms with Crippen molar-refractivity contribution >= 4 is 11.7 Å². The summed E-state index contributed by atoms with van der Waals surface area (Å²) in [6, 6.07) is -0.337. The van der Waals surface area contributed by atoms with Gasteiger partial charge in [-0.2, -0.15) is 0 Å². The van der Waals surface area contributed by atoms with Gasteiger partial charge in [0.15, 0.2) is 0 Å². The van der Waals surface area contributed by atoms with Gasteiger partial charge in [0, 0.05) is 19.4 Å². The Balaban J connectivity index is 3.41. The minimum Gasteiger partial charge on any atom is -0.356 e. The molecule has 0 saturated carbocycles. The Morgan fingerprint density at radius 1 is 0.688 bits per heavy atom. The van der Waals surface area contributed by atoms with Crippen LogP contribution in [0.2, 0.25) is 0 Å². The van der Waals surface area contributed by atoms with Gasteiger partial charge in [-0.1, -0.05) is 64.7 Å². The van der Waals surface area contributed by atoms with Gasteiger partial charge in [-0.15, -0.1) is 0 Å². The molecule has 1 amide bonds. The zero-order valence-corrected chi connectivity index (χ0v) is 21.1. The van der Waals surface area contributed by atoms with Crippen molar-refractivity contribution in [2.45, 2.75) is 129 Å². The van der Waals surface area contributed by atoms with E-state index in [9.17, 15) is 9.59 Å². The first-order valence-electron chi connectivity index (χ1n) is 13.6. The molecule has 0 aliphatic carbocycles. The van der Waals surface area contributed by atoms with Crippen molar-refractivity contribution in [1.29, 1.82) is 0 Å². The summed E-state index contributed by atoms with van der Waals surface area (Å²) in [5.74, 6) is 0.353. The molecule has 6 N–H and O–H groups in total. The molecular formula is C26H54N4O2. The number of carbonyl (C=O) groups is 2. The maximum absolute atomic E-state index is 12.2. The molecule has 0 fully saturated rings. The molecule has 0 unspecified atom stereocenters. The highest BCUT2D eigenvalue weighted by Crippen LogP contribution is 2.10. The van der Waals surface area contributed by atoms with E-state index in [1.165, 1.54) is 51.4 Å². The molecule has 190 valence electrons. The van der Waals surface area contributed by atoms with E-state index < -0.39 is 0 Å². The molecule has 0 bridgehead atoms. The first kappa shape index (κ1) is 31.0. The van der Waals surface area contributed by atoms with Crippen molar-refractivity contribution < 1.29 is 9.59 Å². The molecule has 0 aromatic rings. The van der Waals surface area contributed by atoms with Gasteiger partial charge in [0.2, 0.25) is 5.91 Å². The number of ketones is 1. The second-order valence-electron chi connectivity index (χ2n) is 9.20. The second kappa shape index (κ2) is 24.7. The van der Waals surface area contributed by atoms with E-state index in [1.54, 1.807) is 0 Å². The predicted molar refractivity (Wildman–Crippen MR) is 137 cm³/mol. The zero-order chi connectivity index (χ0) is 23.7. The summed E-state index contributed by atoms with van der Waals surface area (Å²) in [5, 5.41) is 6.39. The first-order chi connectivity index (χ1) is 15.6. The lowest BCUT2D eigenvalue weighted by atomic mass is 10.0. The van der Waals surface area contributed by atoms with Crippen LogP contribution in [0.25, 0.3) is 0 Å². The SMILES string of the molecule is CCCCCCCC(=O)NCCCC[C@H](N)C(=O)CCCCCCCCCNCCCN. The second-order valence-corrected chi connectivity index (χ2v) is 9.20. The van der Waals surface area contributed by atoms with Gasteiger partial charge in [0.05, 0.1) is 6.04 Å². The standard InChI is InChI=1S/C26H54N4O2/c1-2-3-4-8-12-19-26(32)30-23-15-13-17-24(28)25(31)18-11-9-6-5-7-10-14-21-29-22-16-20-27/h24,29H,2-23,27-28H2,1H3,(H,30,32)/t24-/m0/s1. The van der Waals surface area contributed by atoms with Crippen molar-refractivity contribution in [1.82, 2.24) is 10.6 Å². The van der Waals surface area contributed by atoms with Crippen LogP contribution in [-0.2, 0) is 9.59 Å². The Hall–Kier alpha value is -0.980. The topological polar surface area (TPSA) is 110 Å². The number of nitrogens with two attached hydrogens (primary N) is 2. The van der Waals surface area contributed by atoms with Crippen molar-refractivity contribution in [3.63, 3.8) is 0 Å². The summed E-state index contributed by atoms with van der Waals surface area (Å²) in [4.78, 5) is 24.0.